The van der Waals surface area contributed by atoms with Gasteiger partial charge in [0.25, 0.3) is 0 Å². The quantitative estimate of drug-likeness (QED) is 0.735. The van der Waals surface area contributed by atoms with Crippen molar-refractivity contribution in [1.29, 1.82) is 0 Å². The molecule has 0 bridgehead atoms. The van der Waals surface area contributed by atoms with Crippen molar-refractivity contribution in [3.05, 3.63) is 48.0 Å². The van der Waals surface area contributed by atoms with E-state index in [9.17, 15) is 9.59 Å². The summed E-state index contributed by atoms with van der Waals surface area (Å²) < 4.78 is 4.76. The molecule has 1 amide bonds. The molecule has 0 aliphatic rings. The predicted octanol–water partition coefficient (Wildman–Crippen LogP) is 1.77. The van der Waals surface area contributed by atoms with Gasteiger partial charge in [-0.15, -0.1) is 0 Å². The average molecular weight is 263 g/mol. The molecule has 0 saturated carbocycles. The molecule has 1 aromatic carbocycles. The largest absolute Gasteiger partial charge is 0.481 e. The first-order valence-electron chi connectivity index (χ1n) is 5.93. The SMILES string of the molecule is C=CCOC(=O)NCCc1cccc(CC(=O)O)c1. The third kappa shape index (κ3) is 6.26. The van der Waals surface area contributed by atoms with Crippen LogP contribution in [0.15, 0.2) is 36.9 Å². The number of aliphatic carboxylic acids is 1. The summed E-state index contributed by atoms with van der Waals surface area (Å²) >= 11 is 0. The minimum Gasteiger partial charge on any atom is -0.481 e. The van der Waals surface area contributed by atoms with E-state index in [1.165, 1.54) is 6.08 Å². The number of benzene rings is 1. The van der Waals surface area contributed by atoms with Crippen molar-refractivity contribution in [3.8, 4) is 0 Å². The summed E-state index contributed by atoms with van der Waals surface area (Å²) in [4.78, 5) is 21.7. The number of rotatable bonds is 7. The minimum absolute atomic E-state index is 0.00262. The molecule has 0 aliphatic carbocycles. The summed E-state index contributed by atoms with van der Waals surface area (Å²) in [6.07, 6.45) is 1.63. The first kappa shape index (κ1) is 14.8. The molecular weight excluding hydrogens is 246 g/mol. The Bertz CT molecular complexity index is 457. The zero-order valence-electron chi connectivity index (χ0n) is 10.6. The van der Waals surface area contributed by atoms with Gasteiger partial charge in [-0.25, -0.2) is 4.79 Å². The summed E-state index contributed by atoms with van der Waals surface area (Å²) in [6, 6.07) is 7.29. The Morgan fingerprint density at radius 1 is 1.37 bits per heavy atom. The molecule has 102 valence electrons. The van der Waals surface area contributed by atoms with Gasteiger partial charge in [0.2, 0.25) is 0 Å². The van der Waals surface area contributed by atoms with Gasteiger partial charge < -0.3 is 15.2 Å². The molecule has 0 spiro atoms. The van der Waals surface area contributed by atoms with Crippen molar-refractivity contribution >= 4 is 12.1 Å². The normalized spacial score (nSPS) is 9.68. The highest BCUT2D eigenvalue weighted by Gasteiger charge is 2.03. The number of carboxylic acids is 1. The molecule has 5 heteroatoms. The molecule has 0 aromatic heterocycles. The summed E-state index contributed by atoms with van der Waals surface area (Å²) in [6.45, 7) is 4.06. The predicted molar refractivity (Wildman–Crippen MR) is 71.0 cm³/mol. The highest BCUT2D eigenvalue weighted by Crippen LogP contribution is 2.06. The highest BCUT2D eigenvalue weighted by atomic mass is 16.5. The lowest BCUT2D eigenvalue weighted by Crippen LogP contribution is -2.26. The molecule has 19 heavy (non-hydrogen) atoms. The summed E-state index contributed by atoms with van der Waals surface area (Å²) in [5.74, 6) is -0.858. The molecular formula is C14H17NO4. The number of carbonyl (C=O) groups excluding carboxylic acids is 1. The summed E-state index contributed by atoms with van der Waals surface area (Å²) in [5.41, 5.74) is 1.72. The lowest BCUT2D eigenvalue weighted by molar-refractivity contribution is -0.136. The van der Waals surface area contributed by atoms with Crippen LogP contribution in [-0.4, -0.2) is 30.3 Å². The second-order valence-electron chi connectivity index (χ2n) is 3.95. The summed E-state index contributed by atoms with van der Waals surface area (Å²) in [7, 11) is 0. The molecule has 5 nitrogen and oxygen atoms in total. The van der Waals surface area contributed by atoms with Crippen molar-refractivity contribution < 1.29 is 19.4 Å². The topological polar surface area (TPSA) is 75.6 Å². The lowest BCUT2D eigenvalue weighted by Gasteiger charge is -2.06. The molecule has 0 aliphatic heterocycles. The standard InChI is InChI=1S/C14H17NO4/c1-2-8-19-14(18)15-7-6-11-4-3-5-12(9-11)10-13(16)17/h2-5,9H,1,6-8,10H2,(H,15,18)(H,16,17). The second-order valence-corrected chi connectivity index (χ2v) is 3.95. The third-order valence-electron chi connectivity index (χ3n) is 2.36. The molecule has 0 radical (unpaired) electrons. The Labute approximate surface area is 111 Å². The van der Waals surface area contributed by atoms with Crippen LogP contribution in [-0.2, 0) is 22.4 Å². The van der Waals surface area contributed by atoms with Crippen LogP contribution in [0.5, 0.6) is 0 Å². The fourth-order valence-electron chi connectivity index (χ4n) is 1.56. The fraction of sp³-hybridized carbons (Fsp3) is 0.286. The van der Waals surface area contributed by atoms with Crippen LogP contribution in [0.25, 0.3) is 0 Å². The van der Waals surface area contributed by atoms with Gasteiger partial charge in [-0.1, -0.05) is 36.9 Å². The van der Waals surface area contributed by atoms with Crippen LogP contribution in [0, 0.1) is 0 Å². The van der Waals surface area contributed by atoms with E-state index < -0.39 is 12.1 Å². The first-order chi connectivity index (χ1) is 9.11. The number of alkyl carbamates (subject to hydrolysis) is 1. The number of nitrogens with one attached hydrogen (secondary N) is 1. The van der Waals surface area contributed by atoms with E-state index >= 15 is 0 Å². The van der Waals surface area contributed by atoms with E-state index in [1.807, 2.05) is 18.2 Å². The van der Waals surface area contributed by atoms with Gasteiger partial charge >= 0.3 is 12.1 Å². The maximum absolute atomic E-state index is 11.1. The maximum Gasteiger partial charge on any atom is 0.407 e. The van der Waals surface area contributed by atoms with Crippen molar-refractivity contribution in [1.82, 2.24) is 5.32 Å². The molecule has 0 unspecified atom stereocenters. The molecule has 0 atom stereocenters. The van der Waals surface area contributed by atoms with Crippen LogP contribution in [0.1, 0.15) is 11.1 Å². The van der Waals surface area contributed by atoms with E-state index in [1.54, 1.807) is 6.07 Å². The Balaban J connectivity index is 2.38. The van der Waals surface area contributed by atoms with Gasteiger partial charge in [0.15, 0.2) is 0 Å². The van der Waals surface area contributed by atoms with Crippen molar-refractivity contribution in [2.75, 3.05) is 13.2 Å². The molecule has 1 aromatic rings. The summed E-state index contributed by atoms with van der Waals surface area (Å²) in [5, 5.41) is 11.3. The van der Waals surface area contributed by atoms with Crippen molar-refractivity contribution in [3.63, 3.8) is 0 Å². The van der Waals surface area contributed by atoms with E-state index in [0.29, 0.717) is 13.0 Å². The van der Waals surface area contributed by atoms with Crippen LogP contribution < -0.4 is 5.32 Å². The molecule has 0 fully saturated rings. The second kappa shape index (κ2) is 7.92. The van der Waals surface area contributed by atoms with Crippen molar-refractivity contribution in [2.24, 2.45) is 0 Å². The zero-order valence-corrected chi connectivity index (χ0v) is 10.6. The monoisotopic (exact) mass is 263 g/mol. The Morgan fingerprint density at radius 2 is 2.11 bits per heavy atom. The molecule has 0 saturated heterocycles. The highest BCUT2D eigenvalue weighted by molar-refractivity contribution is 5.70. The van der Waals surface area contributed by atoms with Gasteiger partial charge in [-0.2, -0.15) is 0 Å². The Hall–Kier alpha value is -2.30. The number of ether oxygens (including phenoxy) is 1. The van der Waals surface area contributed by atoms with Gasteiger partial charge in [-0.05, 0) is 17.5 Å². The van der Waals surface area contributed by atoms with E-state index in [0.717, 1.165) is 11.1 Å². The van der Waals surface area contributed by atoms with E-state index in [2.05, 4.69) is 11.9 Å². The Kier molecular flexibility index (Phi) is 6.15. The average Bonchev–Trinajstić information content (AvgIpc) is 2.36. The molecule has 0 heterocycles. The minimum atomic E-state index is -0.858. The maximum atomic E-state index is 11.1. The zero-order chi connectivity index (χ0) is 14.1. The fourth-order valence-corrected chi connectivity index (χ4v) is 1.56. The van der Waals surface area contributed by atoms with Crippen LogP contribution in [0.3, 0.4) is 0 Å². The Morgan fingerprint density at radius 3 is 2.79 bits per heavy atom. The van der Waals surface area contributed by atoms with E-state index in [4.69, 9.17) is 9.84 Å². The lowest BCUT2D eigenvalue weighted by atomic mass is 10.1. The van der Waals surface area contributed by atoms with Crippen LogP contribution in [0.4, 0.5) is 4.79 Å². The number of hydrogen-bond donors (Lipinski definition) is 2. The van der Waals surface area contributed by atoms with Gasteiger partial charge in [-0.3, -0.25) is 4.79 Å². The van der Waals surface area contributed by atoms with Gasteiger partial charge in [0, 0.05) is 6.54 Å². The first-order valence-corrected chi connectivity index (χ1v) is 5.93. The molecule has 2 N–H and O–H groups in total. The van der Waals surface area contributed by atoms with Gasteiger partial charge in [0.1, 0.15) is 6.61 Å². The third-order valence-corrected chi connectivity index (χ3v) is 2.36. The van der Waals surface area contributed by atoms with Crippen LogP contribution in [0.2, 0.25) is 0 Å². The number of amides is 1. The number of carbonyl (C=O) groups is 2. The van der Waals surface area contributed by atoms with Crippen LogP contribution >= 0.6 is 0 Å². The van der Waals surface area contributed by atoms with Gasteiger partial charge in [0.05, 0.1) is 6.42 Å². The molecule has 1 rings (SSSR count). The van der Waals surface area contributed by atoms with E-state index in [-0.39, 0.29) is 13.0 Å². The number of hydrogen-bond acceptors (Lipinski definition) is 3. The number of carboxylic acid groups (broad SMARTS) is 1. The van der Waals surface area contributed by atoms with Crippen molar-refractivity contribution in [2.45, 2.75) is 12.8 Å². The smallest absolute Gasteiger partial charge is 0.407 e.